The molecule has 1 amide bonds. The zero-order valence-corrected chi connectivity index (χ0v) is 14.5. The number of hydrogen-bond donors (Lipinski definition) is 0. The molecule has 1 fully saturated rings. The van der Waals surface area contributed by atoms with Gasteiger partial charge in [-0.25, -0.2) is 9.36 Å². The molecule has 0 spiro atoms. The van der Waals surface area contributed by atoms with Crippen LogP contribution >= 0.6 is 11.6 Å². The molecule has 0 aromatic carbocycles. The van der Waals surface area contributed by atoms with Gasteiger partial charge in [-0.1, -0.05) is 4.98 Å². The first kappa shape index (κ1) is 16.7. The van der Waals surface area contributed by atoms with Gasteiger partial charge in [-0.05, 0) is 37.4 Å². The summed E-state index contributed by atoms with van der Waals surface area (Å²) in [5, 5.41) is 0.400. The van der Waals surface area contributed by atoms with E-state index in [0.717, 1.165) is 5.82 Å². The molecule has 1 saturated heterocycles. The van der Waals surface area contributed by atoms with E-state index < -0.39 is 5.60 Å². The highest BCUT2D eigenvalue weighted by Gasteiger charge is 2.29. The number of ether oxygens (including phenoxy) is 1. The number of carbonyl (C=O) groups is 1. The van der Waals surface area contributed by atoms with Gasteiger partial charge >= 0.3 is 17.3 Å². The third-order valence-corrected chi connectivity index (χ3v) is 3.77. The van der Waals surface area contributed by atoms with E-state index >= 15 is 0 Å². The molecular formula is C14H23ClN5O2+. The van der Waals surface area contributed by atoms with Crippen LogP contribution in [0.5, 0.6) is 0 Å². The Morgan fingerprint density at radius 3 is 2.32 bits per heavy atom. The highest BCUT2D eigenvalue weighted by molar-refractivity contribution is 6.27. The highest BCUT2D eigenvalue weighted by atomic mass is 35.5. The van der Waals surface area contributed by atoms with Crippen molar-refractivity contribution in [3.8, 4) is 0 Å². The first-order valence-corrected chi connectivity index (χ1v) is 7.68. The molecule has 0 radical (unpaired) electrons. The van der Waals surface area contributed by atoms with Crippen LogP contribution in [0.25, 0.3) is 0 Å². The third kappa shape index (κ3) is 3.97. The number of aryl methyl sites for hydroxylation is 1. The standard InChI is InChI=1S/C14H23ClN5O2/c1-10-16-12(17-11(15)18(10)5)19-6-8-20(9-7-19)13(21)22-14(2,3)4/h6-9H2,1-5H3/q+1. The van der Waals surface area contributed by atoms with Crippen molar-refractivity contribution in [1.82, 2.24) is 14.9 Å². The lowest BCUT2D eigenvalue weighted by molar-refractivity contribution is -0.681. The van der Waals surface area contributed by atoms with Crippen LogP contribution < -0.4 is 9.47 Å². The molecule has 22 heavy (non-hydrogen) atoms. The smallest absolute Gasteiger partial charge is 0.410 e. The second-order valence-corrected chi connectivity index (χ2v) is 6.69. The number of rotatable bonds is 1. The van der Waals surface area contributed by atoms with Gasteiger partial charge in [0.25, 0.3) is 0 Å². The van der Waals surface area contributed by atoms with Gasteiger partial charge in [-0.3, -0.25) is 0 Å². The minimum atomic E-state index is -0.476. The van der Waals surface area contributed by atoms with Gasteiger partial charge in [-0.15, -0.1) is 0 Å². The van der Waals surface area contributed by atoms with Crippen molar-refractivity contribution in [1.29, 1.82) is 0 Å². The van der Waals surface area contributed by atoms with Crippen LogP contribution in [-0.4, -0.2) is 52.7 Å². The summed E-state index contributed by atoms with van der Waals surface area (Å²) in [6.07, 6.45) is -0.276. The van der Waals surface area contributed by atoms with Crippen molar-refractivity contribution >= 4 is 23.6 Å². The Kier molecular flexibility index (Phi) is 4.75. The number of amides is 1. The summed E-state index contributed by atoms with van der Waals surface area (Å²) in [5.41, 5.74) is -0.476. The van der Waals surface area contributed by atoms with Gasteiger partial charge in [0.15, 0.2) is 0 Å². The van der Waals surface area contributed by atoms with Gasteiger partial charge in [0.2, 0.25) is 5.82 Å². The minimum Gasteiger partial charge on any atom is -0.444 e. The van der Waals surface area contributed by atoms with Crippen molar-refractivity contribution in [2.45, 2.75) is 33.3 Å². The molecule has 0 aliphatic carbocycles. The van der Waals surface area contributed by atoms with Gasteiger partial charge in [-0.2, -0.15) is 0 Å². The maximum atomic E-state index is 12.0. The monoisotopic (exact) mass is 328 g/mol. The average Bonchev–Trinajstić information content (AvgIpc) is 2.42. The number of piperazine rings is 1. The molecule has 1 aliphatic rings. The van der Waals surface area contributed by atoms with E-state index in [2.05, 4.69) is 9.97 Å². The Bertz CT molecular complexity index is 542. The lowest BCUT2D eigenvalue weighted by Gasteiger charge is -2.34. The van der Waals surface area contributed by atoms with E-state index in [-0.39, 0.29) is 6.09 Å². The van der Waals surface area contributed by atoms with Gasteiger partial charge < -0.3 is 14.5 Å². The third-order valence-electron chi connectivity index (χ3n) is 3.43. The summed E-state index contributed by atoms with van der Waals surface area (Å²) in [4.78, 5) is 24.5. The fourth-order valence-electron chi connectivity index (χ4n) is 2.09. The summed E-state index contributed by atoms with van der Waals surface area (Å²) in [5.74, 6) is 1.40. The summed E-state index contributed by atoms with van der Waals surface area (Å²) in [7, 11) is 1.82. The van der Waals surface area contributed by atoms with Crippen LogP contribution in [0, 0.1) is 6.92 Å². The van der Waals surface area contributed by atoms with Gasteiger partial charge in [0.05, 0.1) is 7.05 Å². The molecule has 0 saturated carbocycles. The molecule has 1 aromatic heterocycles. The van der Waals surface area contributed by atoms with Crippen LogP contribution in [0.1, 0.15) is 26.6 Å². The second-order valence-electron chi connectivity index (χ2n) is 6.35. The predicted molar refractivity (Wildman–Crippen MR) is 83.0 cm³/mol. The Morgan fingerprint density at radius 1 is 1.23 bits per heavy atom. The normalized spacial score (nSPS) is 15.9. The Labute approximate surface area is 135 Å². The number of anilines is 1. The summed E-state index contributed by atoms with van der Waals surface area (Å²) in [6.45, 7) is 9.95. The molecule has 0 N–H and O–H groups in total. The first-order chi connectivity index (χ1) is 10.2. The Balaban J connectivity index is 1.99. The molecule has 8 heteroatoms. The molecule has 0 atom stereocenters. The average molecular weight is 329 g/mol. The summed E-state index contributed by atoms with van der Waals surface area (Å²) >= 11 is 6.09. The SMILES string of the molecule is Cc1nc(N2CCN(C(=O)OC(C)(C)C)CC2)nc(Cl)[n+]1C. The molecular weight excluding hydrogens is 306 g/mol. The molecule has 1 aliphatic heterocycles. The van der Waals surface area contributed by atoms with E-state index in [1.165, 1.54) is 0 Å². The topological polar surface area (TPSA) is 62.4 Å². The number of aromatic nitrogens is 3. The molecule has 0 bridgehead atoms. The minimum absolute atomic E-state index is 0.276. The molecule has 122 valence electrons. The lowest BCUT2D eigenvalue weighted by atomic mass is 10.2. The van der Waals surface area contributed by atoms with Crippen molar-refractivity contribution in [2.75, 3.05) is 31.1 Å². The van der Waals surface area contributed by atoms with E-state index in [1.807, 2.05) is 39.6 Å². The first-order valence-electron chi connectivity index (χ1n) is 7.30. The number of nitrogens with zero attached hydrogens (tertiary/aromatic N) is 5. The maximum Gasteiger partial charge on any atom is 0.410 e. The highest BCUT2D eigenvalue weighted by Crippen LogP contribution is 2.15. The fourth-order valence-corrected chi connectivity index (χ4v) is 2.29. The second kappa shape index (κ2) is 6.24. The van der Waals surface area contributed by atoms with Crippen LogP contribution in [0.3, 0.4) is 0 Å². The Hall–Kier alpha value is -1.63. The van der Waals surface area contributed by atoms with Crippen molar-refractivity contribution in [3.63, 3.8) is 0 Å². The largest absolute Gasteiger partial charge is 0.444 e. The fraction of sp³-hybridized carbons (Fsp3) is 0.714. The van der Waals surface area contributed by atoms with Gasteiger partial charge in [0, 0.05) is 33.1 Å². The molecule has 2 heterocycles. The molecule has 1 aromatic rings. The van der Waals surface area contributed by atoms with Crippen LogP contribution in [0.2, 0.25) is 5.28 Å². The zero-order chi connectivity index (χ0) is 16.5. The number of carbonyl (C=O) groups excluding carboxylic acids is 1. The van der Waals surface area contributed by atoms with E-state index in [9.17, 15) is 4.79 Å². The number of halogens is 1. The summed E-state index contributed by atoms with van der Waals surface area (Å²) in [6, 6.07) is 0. The van der Waals surface area contributed by atoms with Crippen molar-refractivity contribution < 1.29 is 14.1 Å². The number of hydrogen-bond acceptors (Lipinski definition) is 5. The van der Waals surface area contributed by atoms with E-state index in [4.69, 9.17) is 16.3 Å². The lowest BCUT2D eigenvalue weighted by Crippen LogP contribution is -2.51. The maximum absolute atomic E-state index is 12.0. The van der Waals surface area contributed by atoms with Crippen LogP contribution in [0.15, 0.2) is 0 Å². The quantitative estimate of drug-likeness (QED) is 0.728. The van der Waals surface area contributed by atoms with Crippen molar-refractivity contribution in [2.24, 2.45) is 7.05 Å². The molecule has 2 rings (SSSR count). The van der Waals surface area contributed by atoms with Crippen LogP contribution in [0.4, 0.5) is 10.7 Å². The predicted octanol–water partition coefficient (Wildman–Crippen LogP) is 1.32. The molecule has 7 nitrogen and oxygen atoms in total. The summed E-state index contributed by atoms with van der Waals surface area (Å²) < 4.78 is 7.11. The zero-order valence-electron chi connectivity index (χ0n) is 13.8. The van der Waals surface area contributed by atoms with Crippen LogP contribution in [-0.2, 0) is 11.8 Å². The van der Waals surface area contributed by atoms with E-state index in [1.54, 1.807) is 9.47 Å². The van der Waals surface area contributed by atoms with E-state index in [0.29, 0.717) is 37.4 Å². The molecule has 0 unspecified atom stereocenters. The van der Waals surface area contributed by atoms with Crippen molar-refractivity contribution in [3.05, 3.63) is 11.1 Å². The van der Waals surface area contributed by atoms with Gasteiger partial charge in [0.1, 0.15) is 5.60 Å². The Morgan fingerprint density at radius 2 is 1.82 bits per heavy atom.